The van der Waals surface area contributed by atoms with Crippen LogP contribution in [0.25, 0.3) is 50.8 Å². The van der Waals surface area contributed by atoms with Crippen LogP contribution < -0.4 is 0 Å². The highest BCUT2D eigenvalue weighted by Crippen LogP contribution is 2.50. The minimum atomic E-state index is -0.224. The van der Waals surface area contributed by atoms with E-state index in [0.717, 1.165) is 34.5 Å². The van der Waals surface area contributed by atoms with Crippen molar-refractivity contribution < 1.29 is 0 Å². The zero-order valence-electron chi connectivity index (χ0n) is 23.9. The van der Waals surface area contributed by atoms with Gasteiger partial charge in [0.25, 0.3) is 0 Å². The normalized spacial score (nSPS) is 14.2. The summed E-state index contributed by atoms with van der Waals surface area (Å²) in [6.45, 7) is 4.48. The summed E-state index contributed by atoms with van der Waals surface area (Å²) in [6.07, 6.45) is 5.45. The summed E-state index contributed by atoms with van der Waals surface area (Å²) >= 11 is 1.76. The van der Waals surface area contributed by atoms with E-state index in [-0.39, 0.29) is 5.41 Å². The third kappa shape index (κ3) is 4.28. The molecule has 0 saturated carbocycles. The Balaban J connectivity index is 1.29. The second-order valence-electron chi connectivity index (χ2n) is 11.8. The number of hydrogen-bond acceptors (Lipinski definition) is 4. The fraction of sp³-hybridized carbons (Fsp3) is 0.103. The average Bonchev–Trinajstić information content (AvgIpc) is 3.05. The molecular weight excluding hydrogens is 543 g/mol. The van der Waals surface area contributed by atoms with Gasteiger partial charge < -0.3 is 0 Å². The predicted octanol–water partition coefficient (Wildman–Crippen LogP) is 9.86. The summed E-state index contributed by atoms with van der Waals surface area (Å²) in [7, 11) is 0. The van der Waals surface area contributed by atoms with Gasteiger partial charge in [-0.1, -0.05) is 98.4 Å². The first-order valence-corrected chi connectivity index (χ1v) is 15.3. The van der Waals surface area contributed by atoms with Crippen LogP contribution in [-0.2, 0) is 11.8 Å². The lowest BCUT2D eigenvalue weighted by atomic mass is 9.77. The lowest BCUT2D eigenvalue weighted by Crippen LogP contribution is -2.24. The van der Waals surface area contributed by atoms with Gasteiger partial charge in [0, 0.05) is 31.9 Å². The Bertz CT molecular complexity index is 2170. The predicted molar refractivity (Wildman–Crippen MR) is 176 cm³/mol. The quantitative estimate of drug-likeness (QED) is 0.213. The van der Waals surface area contributed by atoms with E-state index in [9.17, 15) is 5.26 Å². The molecule has 6 aromatic rings. The maximum Gasteiger partial charge on any atom is 0.160 e. The molecule has 0 saturated heterocycles. The van der Waals surface area contributed by atoms with E-state index in [2.05, 4.69) is 117 Å². The first-order chi connectivity index (χ1) is 21.0. The molecule has 5 aromatic carbocycles. The summed E-state index contributed by atoms with van der Waals surface area (Å²) in [4.78, 5) is 12.7. The molecule has 0 bridgehead atoms. The van der Waals surface area contributed by atoms with Gasteiger partial charge in [-0.2, -0.15) is 5.26 Å². The maximum atomic E-state index is 9.50. The Morgan fingerprint density at radius 1 is 0.721 bits per heavy atom. The molecule has 3 nitrogen and oxygen atoms in total. The van der Waals surface area contributed by atoms with Gasteiger partial charge in [-0.15, -0.1) is 0 Å². The Morgan fingerprint density at radius 3 is 2.40 bits per heavy atom. The number of fused-ring (bicyclic) bond motifs is 2. The third-order valence-corrected chi connectivity index (χ3v) is 9.87. The molecule has 43 heavy (non-hydrogen) atoms. The number of allylic oxidation sites excluding steroid dienone is 1. The molecule has 2 heterocycles. The fourth-order valence-electron chi connectivity index (χ4n) is 6.49. The summed E-state index contributed by atoms with van der Waals surface area (Å²) in [6, 6.07) is 38.5. The van der Waals surface area contributed by atoms with E-state index in [0.29, 0.717) is 11.4 Å². The minimum Gasteiger partial charge on any atom is -0.228 e. The van der Waals surface area contributed by atoms with Crippen LogP contribution in [0.15, 0.2) is 119 Å². The first kappa shape index (κ1) is 25.7. The second-order valence-corrected chi connectivity index (χ2v) is 12.9. The third-order valence-electron chi connectivity index (χ3n) is 8.74. The van der Waals surface area contributed by atoms with Crippen LogP contribution in [-0.4, -0.2) is 9.97 Å². The molecule has 0 fully saturated rings. The zero-order chi connectivity index (χ0) is 29.1. The molecule has 8 rings (SSSR count). The summed E-state index contributed by atoms with van der Waals surface area (Å²) in [5.41, 5.74) is 10.5. The van der Waals surface area contributed by atoms with Crippen LogP contribution >= 0.6 is 11.8 Å². The zero-order valence-corrected chi connectivity index (χ0v) is 24.7. The molecule has 0 unspecified atom stereocenters. The smallest absolute Gasteiger partial charge is 0.160 e. The Labute approximate surface area is 255 Å². The lowest BCUT2D eigenvalue weighted by Gasteiger charge is -2.34. The molecule has 1 aliphatic carbocycles. The van der Waals surface area contributed by atoms with Crippen LogP contribution in [0, 0.1) is 11.3 Å². The topological polar surface area (TPSA) is 49.6 Å². The number of aromatic nitrogens is 2. The molecule has 1 aromatic heterocycles. The van der Waals surface area contributed by atoms with E-state index < -0.39 is 0 Å². The largest absolute Gasteiger partial charge is 0.228 e. The lowest BCUT2D eigenvalue weighted by molar-refractivity contribution is 0.607. The van der Waals surface area contributed by atoms with Crippen molar-refractivity contribution in [2.45, 2.75) is 35.5 Å². The molecule has 0 spiro atoms. The van der Waals surface area contributed by atoms with Crippen LogP contribution in [0.3, 0.4) is 0 Å². The molecule has 204 valence electrons. The van der Waals surface area contributed by atoms with Crippen molar-refractivity contribution in [3.05, 3.63) is 137 Å². The van der Waals surface area contributed by atoms with E-state index >= 15 is 0 Å². The molecule has 0 atom stereocenters. The summed E-state index contributed by atoms with van der Waals surface area (Å²) in [5.74, 6) is 0.709. The van der Waals surface area contributed by atoms with Gasteiger partial charge in [-0.25, -0.2) is 9.97 Å². The number of nitriles is 1. The van der Waals surface area contributed by atoms with Crippen molar-refractivity contribution >= 4 is 28.6 Å². The van der Waals surface area contributed by atoms with Gasteiger partial charge in [0.15, 0.2) is 5.82 Å². The second kappa shape index (κ2) is 9.80. The molecule has 2 aliphatic rings. The monoisotopic (exact) mass is 569 g/mol. The summed E-state index contributed by atoms with van der Waals surface area (Å²) < 4.78 is 0. The molecule has 0 radical (unpaired) electrons. The standard InChI is InChI=1S/C39H27N3S/c1-39(2)31-16-15-29(21-36(31)43-35-17-14-24(23-40)18-32(35)39)38-41-33(25-8-4-3-5-9-25)22-34(42-38)30-19-27-12-6-10-26-11-7-13-28(20-30)37(26)27/h3-10,12-22H,11H2,1-2H3. The van der Waals surface area contributed by atoms with Crippen molar-refractivity contribution in [2.75, 3.05) is 0 Å². The Morgan fingerprint density at radius 2 is 1.56 bits per heavy atom. The van der Waals surface area contributed by atoms with Crippen LogP contribution in [0.5, 0.6) is 0 Å². The first-order valence-electron chi connectivity index (χ1n) is 14.5. The number of hydrogen-bond donors (Lipinski definition) is 0. The average molecular weight is 570 g/mol. The van der Waals surface area contributed by atoms with Gasteiger partial charge in [0.2, 0.25) is 0 Å². The van der Waals surface area contributed by atoms with E-state index in [1.54, 1.807) is 11.8 Å². The highest BCUT2D eigenvalue weighted by atomic mass is 32.2. The van der Waals surface area contributed by atoms with Crippen molar-refractivity contribution in [3.63, 3.8) is 0 Å². The number of nitrogens with zero attached hydrogens (tertiary/aromatic N) is 3. The van der Waals surface area contributed by atoms with Gasteiger partial charge >= 0.3 is 0 Å². The van der Waals surface area contributed by atoms with E-state index in [4.69, 9.17) is 9.97 Å². The van der Waals surface area contributed by atoms with Crippen LogP contribution in [0.2, 0.25) is 0 Å². The highest BCUT2D eigenvalue weighted by Gasteiger charge is 2.33. The van der Waals surface area contributed by atoms with E-state index in [1.165, 1.54) is 42.8 Å². The fourth-order valence-corrected chi connectivity index (χ4v) is 7.90. The van der Waals surface area contributed by atoms with E-state index in [1.807, 2.05) is 18.2 Å². The minimum absolute atomic E-state index is 0.224. The molecule has 4 heteroatoms. The summed E-state index contributed by atoms with van der Waals surface area (Å²) in [5, 5.41) is 12.1. The Kier molecular flexibility index (Phi) is 5.86. The van der Waals surface area contributed by atoms with Crippen molar-refractivity contribution in [2.24, 2.45) is 0 Å². The van der Waals surface area contributed by atoms with Gasteiger partial charge in [0.1, 0.15) is 0 Å². The molecule has 0 amide bonds. The van der Waals surface area contributed by atoms with Crippen molar-refractivity contribution in [1.82, 2.24) is 9.97 Å². The van der Waals surface area contributed by atoms with Crippen molar-refractivity contribution in [3.8, 4) is 40.0 Å². The molecule has 0 N–H and O–H groups in total. The molecule has 1 aliphatic heterocycles. The number of benzene rings is 5. The van der Waals surface area contributed by atoms with Crippen LogP contribution in [0.1, 0.15) is 41.7 Å². The Hall–Kier alpha value is -4.98. The number of rotatable bonds is 3. The van der Waals surface area contributed by atoms with Gasteiger partial charge in [-0.05, 0) is 81.9 Å². The SMILES string of the molecule is CC1(C)c2ccc(-c3nc(-c4ccccc4)cc(-c4cc5c6c(cccc6c4)CC=C5)n3)cc2Sc2ccc(C#N)cc21. The highest BCUT2D eigenvalue weighted by molar-refractivity contribution is 7.99. The van der Waals surface area contributed by atoms with Gasteiger partial charge in [-0.3, -0.25) is 0 Å². The van der Waals surface area contributed by atoms with Crippen molar-refractivity contribution in [1.29, 1.82) is 5.26 Å². The maximum absolute atomic E-state index is 9.50. The molecular formula is C39H27N3S. The van der Waals surface area contributed by atoms with Crippen LogP contribution in [0.4, 0.5) is 0 Å². The van der Waals surface area contributed by atoms with Gasteiger partial charge in [0.05, 0.1) is 23.0 Å².